The number of aromatic nitrogens is 4. The molecule has 3 aromatic rings. The standard InChI is InChI=1S/C17H19N5O/c1-21-16-14(9-18-21)17(23)20-15(19-16)11-22-8-4-7-12-5-2-3-6-13(12)10-22/h2-3,5-6,9H,4,7-8,10-11H2,1H3,(H,19,20,23). The first kappa shape index (κ1) is 14.1. The molecule has 0 amide bonds. The molecule has 0 saturated heterocycles. The van der Waals surface area contributed by atoms with Crippen molar-refractivity contribution >= 4 is 11.0 Å². The van der Waals surface area contributed by atoms with Gasteiger partial charge in [-0.25, -0.2) is 4.98 Å². The van der Waals surface area contributed by atoms with E-state index in [-0.39, 0.29) is 5.56 Å². The van der Waals surface area contributed by atoms with Gasteiger partial charge in [-0.05, 0) is 30.5 Å². The Kier molecular flexibility index (Phi) is 3.46. The molecule has 0 unspecified atom stereocenters. The van der Waals surface area contributed by atoms with Gasteiger partial charge in [0.2, 0.25) is 0 Å². The van der Waals surface area contributed by atoms with Crippen molar-refractivity contribution < 1.29 is 0 Å². The second-order valence-corrected chi connectivity index (χ2v) is 6.10. The van der Waals surface area contributed by atoms with E-state index < -0.39 is 0 Å². The lowest BCUT2D eigenvalue weighted by atomic mass is 10.0. The highest BCUT2D eigenvalue weighted by atomic mass is 16.1. The van der Waals surface area contributed by atoms with Gasteiger partial charge in [0.05, 0.1) is 12.7 Å². The van der Waals surface area contributed by atoms with Gasteiger partial charge in [-0.3, -0.25) is 14.4 Å². The van der Waals surface area contributed by atoms with Crippen LogP contribution in [0.25, 0.3) is 11.0 Å². The first-order valence-electron chi connectivity index (χ1n) is 7.91. The lowest BCUT2D eigenvalue weighted by molar-refractivity contribution is 0.254. The van der Waals surface area contributed by atoms with Crippen LogP contribution in [0, 0.1) is 0 Å². The Morgan fingerprint density at radius 1 is 1.26 bits per heavy atom. The molecule has 6 heteroatoms. The summed E-state index contributed by atoms with van der Waals surface area (Å²) >= 11 is 0. The molecule has 23 heavy (non-hydrogen) atoms. The highest BCUT2D eigenvalue weighted by Gasteiger charge is 2.16. The second-order valence-electron chi connectivity index (χ2n) is 6.10. The summed E-state index contributed by atoms with van der Waals surface area (Å²) in [6.45, 7) is 2.54. The highest BCUT2D eigenvalue weighted by molar-refractivity contribution is 5.72. The summed E-state index contributed by atoms with van der Waals surface area (Å²) in [7, 11) is 1.81. The van der Waals surface area contributed by atoms with E-state index in [1.807, 2.05) is 0 Å². The Morgan fingerprint density at radius 2 is 2.09 bits per heavy atom. The highest BCUT2D eigenvalue weighted by Crippen LogP contribution is 2.19. The van der Waals surface area contributed by atoms with Crippen molar-refractivity contribution in [1.82, 2.24) is 24.6 Å². The van der Waals surface area contributed by atoms with E-state index in [0.29, 0.717) is 23.4 Å². The van der Waals surface area contributed by atoms with Crippen molar-refractivity contribution in [2.45, 2.75) is 25.9 Å². The number of hydrogen-bond acceptors (Lipinski definition) is 4. The van der Waals surface area contributed by atoms with Gasteiger partial charge in [0.15, 0.2) is 5.65 Å². The molecule has 1 aromatic carbocycles. The smallest absolute Gasteiger partial charge is 0.262 e. The van der Waals surface area contributed by atoms with Crippen LogP contribution in [0.1, 0.15) is 23.4 Å². The number of benzene rings is 1. The van der Waals surface area contributed by atoms with Crippen LogP contribution in [0.4, 0.5) is 0 Å². The Hall–Kier alpha value is -2.47. The third-order valence-electron chi connectivity index (χ3n) is 4.46. The number of aromatic amines is 1. The average Bonchev–Trinajstić information content (AvgIpc) is 2.79. The summed E-state index contributed by atoms with van der Waals surface area (Å²) in [6, 6.07) is 8.59. The Bertz CT molecular complexity index is 911. The van der Waals surface area contributed by atoms with Crippen LogP contribution in [0.15, 0.2) is 35.3 Å². The number of hydrogen-bond donors (Lipinski definition) is 1. The predicted octanol–water partition coefficient (Wildman–Crippen LogP) is 1.60. The van der Waals surface area contributed by atoms with Crippen LogP contribution >= 0.6 is 0 Å². The maximum absolute atomic E-state index is 12.2. The molecule has 0 radical (unpaired) electrons. The summed E-state index contributed by atoms with van der Waals surface area (Å²) in [5.41, 5.74) is 3.32. The average molecular weight is 309 g/mol. The molecule has 3 heterocycles. The zero-order valence-electron chi connectivity index (χ0n) is 13.1. The van der Waals surface area contributed by atoms with E-state index in [1.165, 1.54) is 11.1 Å². The van der Waals surface area contributed by atoms with Crippen molar-refractivity contribution in [2.24, 2.45) is 7.05 Å². The number of nitrogens with zero attached hydrogens (tertiary/aromatic N) is 4. The fraction of sp³-hybridized carbons (Fsp3) is 0.353. The number of nitrogens with one attached hydrogen (secondary N) is 1. The number of H-pyrrole nitrogens is 1. The van der Waals surface area contributed by atoms with Gasteiger partial charge in [0.25, 0.3) is 5.56 Å². The number of aryl methyl sites for hydroxylation is 2. The molecule has 0 bridgehead atoms. The first-order chi connectivity index (χ1) is 11.2. The minimum Gasteiger partial charge on any atom is -0.309 e. The van der Waals surface area contributed by atoms with Crippen LogP contribution in [-0.4, -0.2) is 31.2 Å². The van der Waals surface area contributed by atoms with Gasteiger partial charge in [0.1, 0.15) is 11.2 Å². The SMILES string of the molecule is Cn1ncc2c(=O)[nH]c(CN3CCCc4ccccc4C3)nc21. The van der Waals surface area contributed by atoms with Crippen molar-refractivity contribution in [3.8, 4) is 0 Å². The molecule has 118 valence electrons. The Labute approximate surface area is 133 Å². The van der Waals surface area contributed by atoms with Crippen LogP contribution < -0.4 is 5.56 Å². The van der Waals surface area contributed by atoms with Crippen LogP contribution in [0.3, 0.4) is 0 Å². The molecule has 0 saturated carbocycles. The topological polar surface area (TPSA) is 66.8 Å². The Balaban J connectivity index is 1.63. The van der Waals surface area contributed by atoms with E-state index in [1.54, 1.807) is 17.9 Å². The first-order valence-corrected chi connectivity index (χ1v) is 7.91. The lowest BCUT2D eigenvalue weighted by Crippen LogP contribution is -2.25. The van der Waals surface area contributed by atoms with Crippen molar-refractivity contribution in [2.75, 3.05) is 6.54 Å². The minimum absolute atomic E-state index is 0.117. The minimum atomic E-state index is -0.117. The third kappa shape index (κ3) is 2.66. The Morgan fingerprint density at radius 3 is 2.96 bits per heavy atom. The van der Waals surface area contributed by atoms with Gasteiger partial charge in [-0.15, -0.1) is 0 Å². The van der Waals surface area contributed by atoms with E-state index in [9.17, 15) is 4.79 Å². The summed E-state index contributed by atoms with van der Waals surface area (Å²) < 4.78 is 1.64. The predicted molar refractivity (Wildman–Crippen MR) is 88.0 cm³/mol. The lowest BCUT2D eigenvalue weighted by Gasteiger charge is -2.19. The van der Waals surface area contributed by atoms with Crippen LogP contribution in [0.2, 0.25) is 0 Å². The maximum Gasteiger partial charge on any atom is 0.262 e. The van der Waals surface area contributed by atoms with Gasteiger partial charge < -0.3 is 4.98 Å². The van der Waals surface area contributed by atoms with Gasteiger partial charge in [-0.1, -0.05) is 24.3 Å². The maximum atomic E-state index is 12.2. The molecule has 0 atom stereocenters. The quantitative estimate of drug-likeness (QED) is 0.781. The zero-order valence-corrected chi connectivity index (χ0v) is 13.1. The second kappa shape index (κ2) is 5.62. The number of rotatable bonds is 2. The monoisotopic (exact) mass is 309 g/mol. The summed E-state index contributed by atoms with van der Waals surface area (Å²) in [4.78, 5) is 22.0. The summed E-state index contributed by atoms with van der Waals surface area (Å²) in [5, 5.41) is 4.65. The number of fused-ring (bicyclic) bond motifs is 2. The van der Waals surface area contributed by atoms with E-state index in [0.717, 1.165) is 25.9 Å². The molecule has 1 N–H and O–H groups in total. The van der Waals surface area contributed by atoms with E-state index in [4.69, 9.17) is 0 Å². The molecule has 6 nitrogen and oxygen atoms in total. The van der Waals surface area contributed by atoms with E-state index >= 15 is 0 Å². The fourth-order valence-corrected chi connectivity index (χ4v) is 3.27. The molecule has 0 aliphatic carbocycles. The summed E-state index contributed by atoms with van der Waals surface area (Å²) in [5.74, 6) is 0.700. The van der Waals surface area contributed by atoms with Gasteiger partial charge in [0, 0.05) is 13.6 Å². The van der Waals surface area contributed by atoms with Crippen molar-refractivity contribution in [1.29, 1.82) is 0 Å². The van der Waals surface area contributed by atoms with Gasteiger partial charge in [-0.2, -0.15) is 5.10 Å². The molecule has 1 aliphatic rings. The molecular formula is C17H19N5O. The van der Waals surface area contributed by atoms with Crippen LogP contribution in [-0.2, 0) is 26.6 Å². The zero-order chi connectivity index (χ0) is 15.8. The van der Waals surface area contributed by atoms with Gasteiger partial charge >= 0.3 is 0 Å². The molecule has 1 aliphatic heterocycles. The molecule has 4 rings (SSSR count). The summed E-state index contributed by atoms with van der Waals surface area (Å²) in [6.07, 6.45) is 3.79. The third-order valence-corrected chi connectivity index (χ3v) is 4.46. The molecule has 2 aromatic heterocycles. The van der Waals surface area contributed by atoms with Crippen molar-refractivity contribution in [3.63, 3.8) is 0 Å². The molecule has 0 fully saturated rings. The largest absolute Gasteiger partial charge is 0.309 e. The van der Waals surface area contributed by atoms with Crippen molar-refractivity contribution in [3.05, 3.63) is 57.8 Å². The molecule has 0 spiro atoms. The van der Waals surface area contributed by atoms with E-state index in [2.05, 4.69) is 44.2 Å². The normalized spacial score (nSPS) is 15.5. The van der Waals surface area contributed by atoms with Crippen LogP contribution in [0.5, 0.6) is 0 Å². The molecular weight excluding hydrogens is 290 g/mol. The fourth-order valence-electron chi connectivity index (χ4n) is 3.27.